The lowest BCUT2D eigenvalue weighted by Crippen LogP contribution is -3.20. The van der Waals surface area contributed by atoms with Crippen LogP contribution in [0.3, 0.4) is 0 Å². The number of quaternary nitrogens is 1. The SMILES string of the molecule is CC(C)(C)c1ccc(C(=O)NCC(=O)NCC(C)(C)[NH+]2CCCCC2)cc1. The largest absolute Gasteiger partial charge is 0.348 e. The number of hydrogen-bond donors (Lipinski definition) is 3. The van der Waals surface area contributed by atoms with Crippen molar-refractivity contribution in [1.29, 1.82) is 0 Å². The zero-order chi connectivity index (χ0) is 20.1. The molecule has 5 heteroatoms. The monoisotopic (exact) mass is 374 g/mol. The average Bonchev–Trinajstić information content (AvgIpc) is 2.64. The molecule has 0 aliphatic carbocycles. The van der Waals surface area contributed by atoms with Gasteiger partial charge in [0.05, 0.1) is 26.2 Å². The fraction of sp³-hybridized carbons (Fsp3) is 0.636. The van der Waals surface area contributed by atoms with Crippen LogP contribution in [0.5, 0.6) is 0 Å². The van der Waals surface area contributed by atoms with Gasteiger partial charge in [0.2, 0.25) is 5.91 Å². The minimum atomic E-state index is -0.216. The van der Waals surface area contributed by atoms with E-state index in [1.54, 1.807) is 4.90 Å². The first-order chi connectivity index (χ1) is 12.6. The van der Waals surface area contributed by atoms with Gasteiger partial charge in [-0.2, -0.15) is 0 Å². The molecule has 1 aromatic carbocycles. The molecule has 0 atom stereocenters. The smallest absolute Gasteiger partial charge is 0.251 e. The van der Waals surface area contributed by atoms with Crippen molar-refractivity contribution in [2.45, 2.75) is 64.8 Å². The van der Waals surface area contributed by atoms with Gasteiger partial charge in [-0.05, 0) is 56.2 Å². The summed E-state index contributed by atoms with van der Waals surface area (Å²) in [7, 11) is 0. The molecule has 1 aliphatic heterocycles. The quantitative estimate of drug-likeness (QED) is 0.709. The highest BCUT2D eigenvalue weighted by Gasteiger charge is 2.32. The fourth-order valence-electron chi connectivity index (χ4n) is 3.55. The van der Waals surface area contributed by atoms with Crippen LogP contribution in [0.1, 0.15) is 69.8 Å². The first-order valence-electron chi connectivity index (χ1n) is 10.1. The number of amides is 2. The van der Waals surface area contributed by atoms with Crippen LogP contribution in [0.25, 0.3) is 0 Å². The Hall–Kier alpha value is -1.88. The second kappa shape index (κ2) is 8.87. The first kappa shape index (κ1) is 21.4. The zero-order valence-corrected chi connectivity index (χ0v) is 17.6. The van der Waals surface area contributed by atoms with E-state index < -0.39 is 0 Å². The minimum absolute atomic E-state index is 0.00523. The summed E-state index contributed by atoms with van der Waals surface area (Å²) in [6, 6.07) is 7.57. The molecule has 0 spiro atoms. The van der Waals surface area contributed by atoms with Crippen LogP contribution in [-0.2, 0) is 10.2 Å². The number of hydrogen-bond acceptors (Lipinski definition) is 2. The molecular formula is C22H36N3O2+. The Morgan fingerprint density at radius 3 is 2.07 bits per heavy atom. The fourth-order valence-corrected chi connectivity index (χ4v) is 3.55. The maximum atomic E-state index is 12.3. The summed E-state index contributed by atoms with van der Waals surface area (Å²) in [5.74, 6) is -0.356. The number of likely N-dealkylation sites (tertiary alicyclic amines) is 1. The van der Waals surface area contributed by atoms with E-state index in [0.29, 0.717) is 12.1 Å². The van der Waals surface area contributed by atoms with Gasteiger partial charge in [-0.15, -0.1) is 0 Å². The van der Waals surface area contributed by atoms with Crippen molar-refractivity contribution in [2.75, 3.05) is 26.2 Å². The van der Waals surface area contributed by atoms with Crippen molar-refractivity contribution in [1.82, 2.24) is 10.6 Å². The lowest BCUT2D eigenvalue weighted by atomic mass is 9.87. The van der Waals surface area contributed by atoms with Gasteiger partial charge in [0.25, 0.3) is 5.91 Å². The normalized spacial score (nSPS) is 16.0. The predicted molar refractivity (Wildman–Crippen MR) is 109 cm³/mol. The molecule has 1 aromatic rings. The third kappa shape index (κ3) is 6.35. The van der Waals surface area contributed by atoms with Crippen molar-refractivity contribution in [2.24, 2.45) is 0 Å². The molecule has 3 N–H and O–H groups in total. The van der Waals surface area contributed by atoms with Gasteiger partial charge in [-0.1, -0.05) is 32.9 Å². The maximum absolute atomic E-state index is 12.3. The van der Waals surface area contributed by atoms with E-state index in [-0.39, 0.29) is 29.3 Å². The van der Waals surface area contributed by atoms with Gasteiger partial charge in [-0.25, -0.2) is 0 Å². The van der Waals surface area contributed by atoms with Crippen LogP contribution in [0.2, 0.25) is 0 Å². The Balaban J connectivity index is 1.78. The number of nitrogens with one attached hydrogen (secondary N) is 3. The molecule has 0 unspecified atom stereocenters. The lowest BCUT2D eigenvalue weighted by molar-refractivity contribution is -0.951. The summed E-state index contributed by atoms with van der Waals surface area (Å²) in [5, 5.41) is 5.70. The highest BCUT2D eigenvalue weighted by Crippen LogP contribution is 2.22. The standard InChI is InChI=1S/C22H35N3O2/c1-21(2,3)18-11-9-17(10-12-18)20(27)23-15-19(26)24-16-22(4,5)25-13-7-6-8-14-25/h9-12H,6-8,13-16H2,1-5H3,(H,23,27)(H,24,26)/p+1. The summed E-state index contributed by atoms with van der Waals surface area (Å²) >= 11 is 0. The summed E-state index contributed by atoms with van der Waals surface area (Å²) in [4.78, 5) is 26.0. The van der Waals surface area contributed by atoms with Gasteiger partial charge in [-0.3, -0.25) is 9.59 Å². The predicted octanol–water partition coefficient (Wildman–Crippen LogP) is 1.68. The van der Waals surface area contributed by atoms with E-state index >= 15 is 0 Å². The van der Waals surface area contributed by atoms with Crippen molar-refractivity contribution in [3.05, 3.63) is 35.4 Å². The Bertz CT molecular complexity index is 639. The van der Waals surface area contributed by atoms with Crippen LogP contribution in [0, 0.1) is 0 Å². The topological polar surface area (TPSA) is 62.6 Å². The van der Waals surface area contributed by atoms with E-state index in [2.05, 4.69) is 45.3 Å². The molecule has 1 heterocycles. The summed E-state index contributed by atoms with van der Waals surface area (Å²) in [5.41, 5.74) is 1.83. The van der Waals surface area contributed by atoms with E-state index in [0.717, 1.165) is 0 Å². The number of carbonyl (C=O) groups excluding carboxylic acids is 2. The molecule has 0 radical (unpaired) electrons. The highest BCUT2D eigenvalue weighted by atomic mass is 16.2. The molecule has 1 saturated heterocycles. The van der Waals surface area contributed by atoms with Crippen molar-refractivity contribution in [3.63, 3.8) is 0 Å². The van der Waals surface area contributed by atoms with Crippen molar-refractivity contribution in [3.8, 4) is 0 Å². The molecule has 5 nitrogen and oxygen atoms in total. The lowest BCUT2D eigenvalue weighted by Gasteiger charge is -2.37. The zero-order valence-electron chi connectivity index (χ0n) is 17.6. The molecule has 1 fully saturated rings. The highest BCUT2D eigenvalue weighted by molar-refractivity contribution is 5.96. The molecule has 2 rings (SSSR count). The van der Waals surface area contributed by atoms with Crippen LogP contribution >= 0.6 is 0 Å². The molecule has 150 valence electrons. The Kier molecular flexibility index (Phi) is 7.04. The Labute approximate surface area is 163 Å². The van der Waals surface area contributed by atoms with Gasteiger partial charge < -0.3 is 15.5 Å². The van der Waals surface area contributed by atoms with Crippen LogP contribution in [0.4, 0.5) is 0 Å². The van der Waals surface area contributed by atoms with Crippen LogP contribution < -0.4 is 15.5 Å². The van der Waals surface area contributed by atoms with E-state index in [1.165, 1.54) is 37.9 Å². The molecule has 0 aromatic heterocycles. The number of carbonyl (C=O) groups is 2. The van der Waals surface area contributed by atoms with E-state index in [4.69, 9.17) is 0 Å². The van der Waals surface area contributed by atoms with Crippen molar-refractivity contribution < 1.29 is 14.5 Å². The number of rotatable bonds is 6. The van der Waals surface area contributed by atoms with Crippen molar-refractivity contribution >= 4 is 11.8 Å². The van der Waals surface area contributed by atoms with Crippen LogP contribution in [0.15, 0.2) is 24.3 Å². The van der Waals surface area contributed by atoms with E-state index in [9.17, 15) is 9.59 Å². The number of benzene rings is 1. The van der Waals surface area contributed by atoms with Gasteiger partial charge in [0.1, 0.15) is 5.54 Å². The third-order valence-electron chi connectivity index (χ3n) is 5.56. The molecular weight excluding hydrogens is 338 g/mol. The third-order valence-corrected chi connectivity index (χ3v) is 5.56. The van der Waals surface area contributed by atoms with Gasteiger partial charge in [0.15, 0.2) is 0 Å². The van der Waals surface area contributed by atoms with Crippen LogP contribution in [-0.4, -0.2) is 43.5 Å². The summed E-state index contributed by atoms with van der Waals surface area (Å²) in [6.45, 7) is 13.8. The second-order valence-electron chi connectivity index (χ2n) is 9.33. The first-order valence-corrected chi connectivity index (χ1v) is 10.1. The number of piperidine rings is 1. The molecule has 0 saturated carbocycles. The average molecular weight is 375 g/mol. The Morgan fingerprint density at radius 2 is 1.52 bits per heavy atom. The molecule has 27 heavy (non-hydrogen) atoms. The summed E-state index contributed by atoms with van der Waals surface area (Å²) < 4.78 is 0. The van der Waals surface area contributed by atoms with E-state index in [1.807, 2.05) is 24.3 Å². The Morgan fingerprint density at radius 1 is 0.926 bits per heavy atom. The summed E-state index contributed by atoms with van der Waals surface area (Å²) in [6.07, 6.45) is 3.84. The van der Waals surface area contributed by atoms with Gasteiger partial charge >= 0.3 is 0 Å². The molecule has 1 aliphatic rings. The minimum Gasteiger partial charge on any atom is -0.348 e. The molecule has 2 amide bonds. The second-order valence-corrected chi connectivity index (χ2v) is 9.33. The molecule has 0 bridgehead atoms. The van der Waals surface area contributed by atoms with Gasteiger partial charge in [0, 0.05) is 5.56 Å². The maximum Gasteiger partial charge on any atom is 0.251 e.